The summed E-state index contributed by atoms with van der Waals surface area (Å²) in [7, 11) is -3.95. The molecule has 6 rings (SSSR count). The predicted octanol–water partition coefficient (Wildman–Crippen LogP) is 4.71. The summed E-state index contributed by atoms with van der Waals surface area (Å²) in [6.45, 7) is 3.36. The molecule has 5 aromatic rings. The molecule has 0 aliphatic carbocycles. The Labute approximate surface area is 229 Å². The Morgan fingerprint density at radius 3 is 2.52 bits per heavy atom. The summed E-state index contributed by atoms with van der Waals surface area (Å²) >= 11 is 0. The fourth-order valence-electron chi connectivity index (χ4n) is 5.42. The number of aryl methyl sites for hydroxylation is 1. The first-order valence-electron chi connectivity index (χ1n) is 12.8. The largest absolute Gasteiger partial charge is 0.531 e. The molecule has 3 aromatic heterocycles. The van der Waals surface area contributed by atoms with Crippen molar-refractivity contribution in [1.82, 2.24) is 23.6 Å². The van der Waals surface area contributed by atoms with Crippen LogP contribution in [0.3, 0.4) is 0 Å². The number of hydrogen-bond donors (Lipinski definition) is 1. The zero-order valence-electron chi connectivity index (χ0n) is 21.6. The van der Waals surface area contributed by atoms with Crippen molar-refractivity contribution in [1.29, 1.82) is 0 Å². The van der Waals surface area contributed by atoms with Gasteiger partial charge in [0.25, 0.3) is 0 Å². The highest BCUT2D eigenvalue weighted by atomic mass is 32.2. The van der Waals surface area contributed by atoms with Gasteiger partial charge >= 0.3 is 6.16 Å². The molecule has 1 fully saturated rings. The van der Waals surface area contributed by atoms with Gasteiger partial charge in [-0.2, -0.15) is 9.04 Å². The quantitative estimate of drug-likeness (QED) is 0.318. The third-order valence-corrected chi connectivity index (χ3v) is 9.39. The zero-order chi connectivity index (χ0) is 28.0. The van der Waals surface area contributed by atoms with Gasteiger partial charge in [-0.05, 0) is 61.1 Å². The molecule has 4 heterocycles. The number of carbonyl (C=O) groups is 1. The number of rotatable bonds is 6. The van der Waals surface area contributed by atoms with Gasteiger partial charge in [0.05, 0.1) is 23.4 Å². The fraction of sp³-hybridized carbons (Fsp3) is 0.250. The van der Waals surface area contributed by atoms with E-state index in [1.807, 2.05) is 13.0 Å². The van der Waals surface area contributed by atoms with E-state index in [-0.39, 0.29) is 22.1 Å². The van der Waals surface area contributed by atoms with E-state index in [1.165, 1.54) is 22.6 Å². The number of benzene rings is 2. The van der Waals surface area contributed by atoms with Crippen molar-refractivity contribution in [2.75, 3.05) is 13.1 Å². The number of imidazole rings is 1. The average molecular weight is 564 g/mol. The van der Waals surface area contributed by atoms with Crippen LogP contribution in [0, 0.1) is 18.7 Å². The molecule has 0 spiro atoms. The van der Waals surface area contributed by atoms with Crippen LogP contribution >= 0.6 is 0 Å². The third-order valence-electron chi connectivity index (χ3n) is 7.46. The maximum Gasteiger partial charge on any atom is 0.531 e. The van der Waals surface area contributed by atoms with E-state index < -0.39 is 16.2 Å². The summed E-state index contributed by atoms with van der Waals surface area (Å²) in [6, 6.07) is 12.7. The Morgan fingerprint density at radius 2 is 1.80 bits per heavy atom. The lowest BCUT2D eigenvalue weighted by atomic mass is 9.98. The monoisotopic (exact) mass is 563 g/mol. The van der Waals surface area contributed by atoms with Crippen LogP contribution in [0.5, 0.6) is 0 Å². The number of sulfonamides is 1. The molecule has 0 saturated carbocycles. The highest BCUT2D eigenvalue weighted by Gasteiger charge is 2.33. The molecule has 1 N–H and O–H groups in total. The molecule has 0 unspecified atom stereocenters. The number of aromatic nitrogens is 4. The first-order chi connectivity index (χ1) is 19.2. The minimum absolute atomic E-state index is 0.0307. The van der Waals surface area contributed by atoms with E-state index in [1.54, 1.807) is 42.7 Å². The molecule has 1 aliphatic heterocycles. The maximum absolute atomic E-state index is 13.8. The molecule has 1 aliphatic rings. The van der Waals surface area contributed by atoms with Crippen molar-refractivity contribution in [2.45, 2.75) is 31.2 Å². The van der Waals surface area contributed by atoms with Crippen LogP contribution in [0.25, 0.3) is 33.1 Å². The van der Waals surface area contributed by atoms with E-state index in [0.29, 0.717) is 42.4 Å². The molecule has 0 amide bonds. The van der Waals surface area contributed by atoms with Crippen LogP contribution in [0.1, 0.15) is 18.7 Å². The van der Waals surface area contributed by atoms with E-state index in [2.05, 4.69) is 14.5 Å². The molecular formula is C28H26FN5O5S. The standard InChI is InChI=1S/C28H26FN5O5S/c1-18-31-24-15-30-11-8-25(24)33(18)16-19-9-12-32(13-10-19)40(37,38)27-17-34(39-28(35)36)26-14-21(4-7-23(26)27)20-2-5-22(29)6-3-20/h2-8,11,14-15,17,19H,9-10,12-13,16H2,1H3,(H,35,36). The molecular weight excluding hydrogens is 537 g/mol. The fourth-order valence-corrected chi connectivity index (χ4v) is 7.07. The van der Waals surface area contributed by atoms with E-state index in [4.69, 9.17) is 4.84 Å². The Balaban J connectivity index is 1.26. The maximum atomic E-state index is 13.8. The van der Waals surface area contributed by atoms with Crippen LogP contribution in [0.4, 0.5) is 9.18 Å². The summed E-state index contributed by atoms with van der Waals surface area (Å²) in [4.78, 5) is 25.0. The second-order valence-corrected chi connectivity index (χ2v) is 11.8. The predicted molar refractivity (Wildman–Crippen MR) is 146 cm³/mol. The van der Waals surface area contributed by atoms with Crippen LogP contribution in [0.15, 0.2) is 72.0 Å². The number of piperidine rings is 1. The lowest BCUT2D eigenvalue weighted by molar-refractivity contribution is 0.0858. The number of fused-ring (bicyclic) bond motifs is 2. The number of hydrogen-bond acceptors (Lipinski definition) is 6. The van der Waals surface area contributed by atoms with E-state index in [9.17, 15) is 22.7 Å². The Bertz CT molecular complexity index is 1840. The molecule has 0 bridgehead atoms. The van der Waals surface area contributed by atoms with Gasteiger partial charge < -0.3 is 14.5 Å². The Kier molecular flexibility index (Phi) is 6.51. The number of halogens is 1. The molecule has 1 saturated heterocycles. The van der Waals surface area contributed by atoms with Gasteiger partial charge in [0.15, 0.2) is 0 Å². The van der Waals surface area contributed by atoms with Gasteiger partial charge in [-0.25, -0.2) is 22.6 Å². The minimum atomic E-state index is -3.95. The van der Waals surface area contributed by atoms with Crippen molar-refractivity contribution in [3.05, 3.63) is 78.8 Å². The van der Waals surface area contributed by atoms with Gasteiger partial charge in [0, 0.05) is 31.2 Å². The zero-order valence-corrected chi connectivity index (χ0v) is 22.4. The Hall–Kier alpha value is -4.29. The molecule has 206 valence electrons. The van der Waals surface area contributed by atoms with E-state index in [0.717, 1.165) is 28.1 Å². The molecule has 2 aromatic carbocycles. The van der Waals surface area contributed by atoms with Crippen molar-refractivity contribution < 1.29 is 27.5 Å². The summed E-state index contributed by atoms with van der Waals surface area (Å²) < 4.78 is 45.5. The molecule has 40 heavy (non-hydrogen) atoms. The SMILES string of the molecule is Cc1nc2cnccc2n1CC1CCN(S(=O)(=O)c2cn(OC(=O)O)c3cc(-c4ccc(F)cc4)ccc23)CC1. The average Bonchev–Trinajstić information content (AvgIpc) is 3.46. The first kappa shape index (κ1) is 26.0. The number of nitrogens with zero attached hydrogens (tertiary/aromatic N) is 5. The van der Waals surface area contributed by atoms with E-state index >= 15 is 0 Å². The third kappa shape index (κ3) is 4.69. The second-order valence-electron chi connectivity index (χ2n) is 9.90. The topological polar surface area (TPSA) is 120 Å². The van der Waals surface area contributed by atoms with Crippen LogP contribution in [-0.2, 0) is 16.6 Å². The minimum Gasteiger partial charge on any atom is -0.448 e. The van der Waals surface area contributed by atoms with Crippen LogP contribution < -0.4 is 4.84 Å². The molecule has 0 radical (unpaired) electrons. The van der Waals surface area contributed by atoms with Crippen LogP contribution in [0.2, 0.25) is 0 Å². The van der Waals surface area contributed by atoms with Crippen molar-refractivity contribution in [2.24, 2.45) is 5.92 Å². The number of carboxylic acid groups (broad SMARTS) is 1. The second kappa shape index (κ2) is 10.0. The summed E-state index contributed by atoms with van der Waals surface area (Å²) in [5.74, 6) is 0.778. The molecule has 12 heteroatoms. The lowest BCUT2D eigenvalue weighted by Gasteiger charge is -2.31. The first-order valence-corrected chi connectivity index (χ1v) is 14.2. The summed E-state index contributed by atoms with van der Waals surface area (Å²) in [5.41, 5.74) is 3.46. The van der Waals surface area contributed by atoms with Gasteiger partial charge in [-0.15, -0.1) is 0 Å². The molecule has 10 nitrogen and oxygen atoms in total. The smallest absolute Gasteiger partial charge is 0.448 e. The van der Waals surface area contributed by atoms with Gasteiger partial charge in [-0.3, -0.25) is 4.98 Å². The highest BCUT2D eigenvalue weighted by molar-refractivity contribution is 7.89. The van der Waals surface area contributed by atoms with Crippen molar-refractivity contribution in [3.63, 3.8) is 0 Å². The lowest BCUT2D eigenvalue weighted by Crippen LogP contribution is -2.39. The Morgan fingerprint density at radius 1 is 1.07 bits per heavy atom. The highest BCUT2D eigenvalue weighted by Crippen LogP contribution is 2.33. The van der Waals surface area contributed by atoms with Crippen LogP contribution in [-0.4, -0.2) is 56.3 Å². The van der Waals surface area contributed by atoms with Gasteiger partial charge in [-0.1, -0.05) is 24.3 Å². The summed E-state index contributed by atoms with van der Waals surface area (Å²) in [5, 5.41) is 9.61. The van der Waals surface area contributed by atoms with Crippen molar-refractivity contribution in [3.8, 4) is 11.1 Å². The van der Waals surface area contributed by atoms with Gasteiger partial charge in [0.2, 0.25) is 10.0 Å². The summed E-state index contributed by atoms with van der Waals surface area (Å²) in [6.07, 6.45) is 4.43. The molecule has 0 atom stereocenters. The van der Waals surface area contributed by atoms with Gasteiger partial charge in [0.1, 0.15) is 22.1 Å². The number of pyridine rings is 1. The van der Waals surface area contributed by atoms with Crippen molar-refractivity contribution >= 4 is 38.1 Å². The normalized spacial score (nSPS) is 15.2.